The summed E-state index contributed by atoms with van der Waals surface area (Å²) in [5.41, 5.74) is 5.39. The van der Waals surface area contributed by atoms with Gasteiger partial charge in [0.2, 0.25) is 5.91 Å². The average Bonchev–Trinajstić information content (AvgIpc) is 3.29. The van der Waals surface area contributed by atoms with E-state index < -0.39 is 20.0 Å². The van der Waals surface area contributed by atoms with Crippen LogP contribution < -0.4 is 11.1 Å². The van der Waals surface area contributed by atoms with Crippen LogP contribution in [0.5, 0.6) is 0 Å². The van der Waals surface area contributed by atoms with Gasteiger partial charge in [-0.2, -0.15) is 0 Å². The van der Waals surface area contributed by atoms with Gasteiger partial charge in [0.25, 0.3) is 0 Å². The predicted molar refractivity (Wildman–Crippen MR) is 277 cm³/mol. The summed E-state index contributed by atoms with van der Waals surface area (Å²) in [7, 11) is -4.31. The van der Waals surface area contributed by atoms with Crippen molar-refractivity contribution in [1.82, 2.24) is 5.32 Å². The Morgan fingerprint density at radius 1 is 0.453 bits per heavy atom. The van der Waals surface area contributed by atoms with Gasteiger partial charge in [0.15, 0.2) is 0 Å². The van der Waals surface area contributed by atoms with E-state index in [9.17, 15) is 19.4 Å². The fourth-order valence-electron chi connectivity index (χ4n) is 9.14. The first kappa shape index (κ1) is 63.5. The molecule has 0 saturated heterocycles. The number of carbonyl (C=O) groups excluding carboxylic acids is 1. The number of unbranched alkanes of at least 4 members (excludes halogenated alkanes) is 43. The summed E-state index contributed by atoms with van der Waals surface area (Å²) in [5.74, 6) is -0.155. The molecular formula is C55H113N2O6P. The van der Waals surface area contributed by atoms with Crippen molar-refractivity contribution in [3.63, 3.8) is 0 Å². The van der Waals surface area contributed by atoms with Crippen LogP contribution in [0.3, 0.4) is 0 Å². The van der Waals surface area contributed by atoms with E-state index in [0.717, 1.165) is 38.5 Å². The van der Waals surface area contributed by atoms with Gasteiger partial charge < -0.3 is 21.1 Å². The Balaban J connectivity index is 3.68. The van der Waals surface area contributed by atoms with Gasteiger partial charge in [-0.3, -0.25) is 13.8 Å². The van der Waals surface area contributed by atoms with Crippen molar-refractivity contribution in [2.45, 2.75) is 328 Å². The Morgan fingerprint density at radius 2 is 0.719 bits per heavy atom. The van der Waals surface area contributed by atoms with Crippen LogP contribution in [0.15, 0.2) is 0 Å². The molecule has 64 heavy (non-hydrogen) atoms. The second-order valence-electron chi connectivity index (χ2n) is 19.9. The number of amides is 1. The summed E-state index contributed by atoms with van der Waals surface area (Å²) in [6, 6.07) is -0.768. The first-order valence-corrected chi connectivity index (χ1v) is 30.1. The van der Waals surface area contributed by atoms with E-state index >= 15 is 0 Å². The maximum Gasteiger partial charge on any atom is 0.472 e. The van der Waals surface area contributed by atoms with Gasteiger partial charge in [-0.05, 0) is 12.8 Å². The van der Waals surface area contributed by atoms with Crippen LogP contribution in [-0.4, -0.2) is 47.8 Å². The molecule has 0 aromatic rings. The topological polar surface area (TPSA) is 131 Å². The minimum absolute atomic E-state index is 0.0925. The van der Waals surface area contributed by atoms with Crippen LogP contribution in [0.2, 0.25) is 0 Å². The van der Waals surface area contributed by atoms with Gasteiger partial charge in [0.1, 0.15) is 0 Å². The number of hydrogen-bond donors (Lipinski definition) is 4. The zero-order valence-electron chi connectivity index (χ0n) is 43.1. The quantitative estimate of drug-likeness (QED) is 0.0353. The van der Waals surface area contributed by atoms with Crippen molar-refractivity contribution in [2.75, 3.05) is 19.8 Å². The van der Waals surface area contributed by atoms with E-state index in [2.05, 4.69) is 19.2 Å². The lowest BCUT2D eigenvalue weighted by Crippen LogP contribution is -2.46. The predicted octanol–water partition coefficient (Wildman–Crippen LogP) is 17.3. The smallest absolute Gasteiger partial charge is 0.391 e. The molecule has 0 aliphatic carbocycles. The Labute approximate surface area is 399 Å². The van der Waals surface area contributed by atoms with Crippen molar-refractivity contribution >= 4 is 13.7 Å². The minimum Gasteiger partial charge on any atom is -0.391 e. The van der Waals surface area contributed by atoms with E-state index in [-0.39, 0.29) is 25.7 Å². The molecule has 0 spiro atoms. The summed E-state index contributed by atoms with van der Waals surface area (Å²) in [6.45, 7) is 4.24. The van der Waals surface area contributed by atoms with Crippen molar-refractivity contribution in [3.05, 3.63) is 0 Å². The minimum atomic E-state index is -4.31. The van der Waals surface area contributed by atoms with Crippen LogP contribution in [0, 0.1) is 0 Å². The van der Waals surface area contributed by atoms with E-state index in [1.807, 2.05) is 0 Å². The highest BCUT2D eigenvalue weighted by molar-refractivity contribution is 7.47. The normalized spacial score (nSPS) is 13.6. The van der Waals surface area contributed by atoms with Gasteiger partial charge in [0, 0.05) is 13.0 Å². The summed E-state index contributed by atoms with van der Waals surface area (Å²) < 4.78 is 22.2. The van der Waals surface area contributed by atoms with Crippen LogP contribution in [0.1, 0.15) is 316 Å². The molecular weight excluding hydrogens is 816 g/mol. The van der Waals surface area contributed by atoms with Gasteiger partial charge in [-0.25, -0.2) is 4.57 Å². The maximum absolute atomic E-state index is 12.8. The average molecular weight is 929 g/mol. The van der Waals surface area contributed by atoms with Crippen molar-refractivity contribution < 1.29 is 28.4 Å². The second kappa shape index (κ2) is 51.9. The molecule has 1 amide bonds. The summed E-state index contributed by atoms with van der Waals surface area (Å²) in [6.07, 6.45) is 60.4. The molecule has 1 unspecified atom stereocenters. The largest absolute Gasteiger partial charge is 0.472 e. The standard InChI is InChI=1S/C55H113N2O6P/c1-3-5-7-9-11-13-15-16-17-18-19-20-21-22-23-24-25-26-27-28-29-30-31-32-33-34-35-36-37-38-39-41-43-45-47-49-55(59)57-53(52-63-64(60,61)62-51-50-56)54(58)48-46-44-42-40-14-12-10-8-6-4-2/h53-54,58H,3-52,56H2,1-2H3,(H,57,59)(H,60,61)/t53-,54+/m0/s1. The lowest BCUT2D eigenvalue weighted by Gasteiger charge is -2.25. The zero-order valence-corrected chi connectivity index (χ0v) is 44.0. The number of nitrogens with two attached hydrogens (primary N) is 1. The number of nitrogens with one attached hydrogen (secondary N) is 1. The molecule has 0 rings (SSSR count). The number of hydrogen-bond acceptors (Lipinski definition) is 6. The maximum atomic E-state index is 12.8. The fraction of sp³-hybridized carbons (Fsp3) is 0.982. The molecule has 0 aromatic carbocycles. The Bertz CT molecular complexity index is 973. The van der Waals surface area contributed by atoms with E-state index in [1.54, 1.807) is 0 Å². The molecule has 0 aromatic heterocycles. The van der Waals surface area contributed by atoms with Gasteiger partial charge >= 0.3 is 7.82 Å². The number of rotatable bonds is 55. The molecule has 384 valence electrons. The molecule has 8 nitrogen and oxygen atoms in total. The molecule has 0 aliphatic rings. The summed E-state index contributed by atoms with van der Waals surface area (Å²) in [5, 5.41) is 13.8. The lowest BCUT2D eigenvalue weighted by molar-refractivity contribution is -0.123. The van der Waals surface area contributed by atoms with Crippen LogP contribution in [-0.2, 0) is 18.4 Å². The van der Waals surface area contributed by atoms with Crippen LogP contribution in [0.4, 0.5) is 0 Å². The van der Waals surface area contributed by atoms with E-state index in [4.69, 9.17) is 14.8 Å². The molecule has 0 saturated carbocycles. The number of phosphoric ester groups is 1. The van der Waals surface area contributed by atoms with Gasteiger partial charge in [-0.1, -0.05) is 296 Å². The third-order valence-electron chi connectivity index (χ3n) is 13.5. The monoisotopic (exact) mass is 929 g/mol. The highest BCUT2D eigenvalue weighted by Gasteiger charge is 2.27. The molecule has 0 bridgehead atoms. The highest BCUT2D eigenvalue weighted by Crippen LogP contribution is 2.43. The van der Waals surface area contributed by atoms with Crippen LogP contribution in [0.25, 0.3) is 0 Å². The molecule has 0 fully saturated rings. The Morgan fingerprint density at radius 3 is 1.00 bits per heavy atom. The summed E-state index contributed by atoms with van der Waals surface area (Å²) in [4.78, 5) is 22.8. The third kappa shape index (κ3) is 49.4. The first-order chi connectivity index (χ1) is 31.4. The third-order valence-corrected chi connectivity index (χ3v) is 14.4. The molecule has 9 heteroatoms. The van der Waals surface area contributed by atoms with Crippen molar-refractivity contribution in [3.8, 4) is 0 Å². The Hall–Kier alpha value is -0.500. The van der Waals surface area contributed by atoms with E-state index in [1.165, 1.54) is 250 Å². The second-order valence-corrected chi connectivity index (χ2v) is 21.3. The number of phosphoric acid groups is 1. The SMILES string of the molecule is CCCCCCCCCCCCCCCCCCCCCCCCCCCCCCCCCCCCCC(=O)N[C@@H](COP(=O)(O)OCCN)[C@H](O)CCCCCCCCCCCC. The van der Waals surface area contributed by atoms with Crippen molar-refractivity contribution in [1.29, 1.82) is 0 Å². The fourth-order valence-corrected chi connectivity index (χ4v) is 9.90. The highest BCUT2D eigenvalue weighted by atomic mass is 31.2. The molecule has 0 heterocycles. The van der Waals surface area contributed by atoms with Crippen LogP contribution >= 0.6 is 7.82 Å². The zero-order chi connectivity index (χ0) is 46.7. The lowest BCUT2D eigenvalue weighted by atomic mass is 10.0. The van der Waals surface area contributed by atoms with E-state index in [0.29, 0.717) is 12.8 Å². The number of carbonyl (C=O) groups is 1. The summed E-state index contributed by atoms with van der Waals surface area (Å²) >= 11 is 0. The van der Waals surface area contributed by atoms with Crippen molar-refractivity contribution in [2.24, 2.45) is 5.73 Å². The number of aliphatic hydroxyl groups is 1. The van der Waals surface area contributed by atoms with Gasteiger partial charge in [-0.15, -0.1) is 0 Å². The molecule has 5 N–H and O–H groups in total. The molecule has 0 radical (unpaired) electrons. The van der Waals surface area contributed by atoms with Gasteiger partial charge in [0.05, 0.1) is 25.4 Å². The first-order valence-electron chi connectivity index (χ1n) is 28.7. The molecule has 0 aliphatic heterocycles. The molecule has 3 atom stereocenters. The Kier molecular flexibility index (Phi) is 51.5. The number of aliphatic hydroxyl groups excluding tert-OH is 1.